The average Bonchev–Trinajstić information content (AvgIpc) is 2.99. The number of carboxylic acid groups (broad SMARTS) is 1. The fourth-order valence-corrected chi connectivity index (χ4v) is 4.99. The van der Waals surface area contributed by atoms with Gasteiger partial charge in [0.2, 0.25) is 0 Å². The molecule has 7 heteroatoms. The van der Waals surface area contributed by atoms with Gasteiger partial charge in [-0.2, -0.15) is 0 Å². The summed E-state index contributed by atoms with van der Waals surface area (Å²) in [4.78, 5) is 12.4. The predicted octanol–water partition coefficient (Wildman–Crippen LogP) is 4.74. The van der Waals surface area contributed by atoms with E-state index in [1.807, 2.05) is 30.3 Å². The molecular weight excluding hydrogens is 380 g/mol. The van der Waals surface area contributed by atoms with Crippen molar-refractivity contribution in [2.75, 3.05) is 0 Å². The van der Waals surface area contributed by atoms with Gasteiger partial charge in [0.1, 0.15) is 4.88 Å². The molecule has 25 heavy (non-hydrogen) atoms. The highest BCUT2D eigenvalue weighted by molar-refractivity contribution is 7.90. The standard InChI is InChI=1S/C18H13ClO4S2/c19-14-6-8-15(9-7-14)25(22,23)11-13-10-16(24-17(13)18(20)21)12-4-2-1-3-5-12/h1-10H,11H2,(H,20,21). The SMILES string of the molecule is O=C(O)c1sc(-c2ccccc2)cc1CS(=O)(=O)c1ccc(Cl)cc1. The third-order valence-electron chi connectivity index (χ3n) is 3.58. The maximum Gasteiger partial charge on any atom is 0.346 e. The van der Waals surface area contributed by atoms with Crippen molar-refractivity contribution in [1.82, 2.24) is 0 Å². The highest BCUT2D eigenvalue weighted by atomic mass is 35.5. The Hall–Kier alpha value is -2.15. The minimum atomic E-state index is -3.67. The summed E-state index contributed by atoms with van der Waals surface area (Å²) in [5.41, 5.74) is 1.14. The summed E-state index contributed by atoms with van der Waals surface area (Å²) in [7, 11) is -3.67. The zero-order valence-corrected chi connectivity index (χ0v) is 15.2. The van der Waals surface area contributed by atoms with Crippen molar-refractivity contribution in [1.29, 1.82) is 0 Å². The maximum absolute atomic E-state index is 12.6. The lowest BCUT2D eigenvalue weighted by atomic mass is 10.1. The Kier molecular flexibility index (Phi) is 4.94. The van der Waals surface area contributed by atoms with Gasteiger partial charge in [0.05, 0.1) is 10.6 Å². The molecule has 0 fully saturated rings. The van der Waals surface area contributed by atoms with Crippen LogP contribution in [0.25, 0.3) is 10.4 Å². The molecular formula is C18H13ClO4S2. The third kappa shape index (κ3) is 3.92. The summed E-state index contributed by atoms with van der Waals surface area (Å²) in [6.07, 6.45) is 0. The molecule has 3 aromatic rings. The lowest BCUT2D eigenvalue weighted by molar-refractivity contribution is 0.0701. The van der Waals surface area contributed by atoms with Gasteiger partial charge in [-0.1, -0.05) is 41.9 Å². The van der Waals surface area contributed by atoms with Gasteiger partial charge in [0, 0.05) is 9.90 Å². The lowest BCUT2D eigenvalue weighted by Crippen LogP contribution is -2.07. The Labute approximate surface area is 154 Å². The molecule has 0 aliphatic rings. The highest BCUT2D eigenvalue weighted by Crippen LogP contribution is 2.33. The van der Waals surface area contributed by atoms with E-state index in [1.54, 1.807) is 6.07 Å². The van der Waals surface area contributed by atoms with E-state index in [-0.39, 0.29) is 21.1 Å². The number of carboxylic acids is 1. The maximum atomic E-state index is 12.6. The highest BCUT2D eigenvalue weighted by Gasteiger charge is 2.23. The number of hydrogen-bond acceptors (Lipinski definition) is 4. The molecule has 0 saturated heterocycles. The quantitative estimate of drug-likeness (QED) is 0.680. The molecule has 0 radical (unpaired) electrons. The van der Waals surface area contributed by atoms with Crippen LogP contribution in [0, 0.1) is 0 Å². The molecule has 2 aromatic carbocycles. The molecule has 4 nitrogen and oxygen atoms in total. The van der Waals surface area contributed by atoms with Crippen LogP contribution >= 0.6 is 22.9 Å². The number of sulfone groups is 1. The van der Waals surface area contributed by atoms with Gasteiger partial charge in [-0.3, -0.25) is 0 Å². The minimum Gasteiger partial charge on any atom is -0.477 e. The van der Waals surface area contributed by atoms with Crippen molar-refractivity contribution < 1.29 is 18.3 Å². The largest absolute Gasteiger partial charge is 0.477 e. The Morgan fingerprint density at radius 3 is 2.28 bits per heavy atom. The molecule has 1 N–H and O–H groups in total. The summed E-state index contributed by atoms with van der Waals surface area (Å²) in [6.45, 7) is 0. The van der Waals surface area contributed by atoms with Crippen molar-refractivity contribution in [3.8, 4) is 10.4 Å². The van der Waals surface area contributed by atoms with E-state index in [1.165, 1.54) is 24.3 Å². The molecule has 3 rings (SSSR count). The Bertz CT molecular complexity index is 1010. The van der Waals surface area contributed by atoms with Crippen molar-refractivity contribution in [2.24, 2.45) is 0 Å². The van der Waals surface area contributed by atoms with E-state index in [0.717, 1.165) is 21.8 Å². The van der Waals surface area contributed by atoms with Crippen LogP contribution in [-0.4, -0.2) is 19.5 Å². The zero-order valence-electron chi connectivity index (χ0n) is 12.8. The van der Waals surface area contributed by atoms with Crippen LogP contribution in [0.3, 0.4) is 0 Å². The molecule has 0 atom stereocenters. The number of rotatable bonds is 5. The second-order valence-corrected chi connectivity index (χ2v) is 8.83. The van der Waals surface area contributed by atoms with Crippen LogP contribution in [0.15, 0.2) is 65.6 Å². The summed E-state index contributed by atoms with van der Waals surface area (Å²) in [5.74, 6) is -1.51. The van der Waals surface area contributed by atoms with Crippen LogP contribution in [0.5, 0.6) is 0 Å². The van der Waals surface area contributed by atoms with E-state index in [4.69, 9.17) is 11.6 Å². The van der Waals surface area contributed by atoms with Gasteiger partial charge in [-0.15, -0.1) is 11.3 Å². The van der Waals surface area contributed by atoms with Crippen molar-refractivity contribution in [2.45, 2.75) is 10.6 Å². The van der Waals surface area contributed by atoms with Crippen LogP contribution in [0.1, 0.15) is 15.2 Å². The van der Waals surface area contributed by atoms with E-state index >= 15 is 0 Å². The lowest BCUT2D eigenvalue weighted by Gasteiger charge is -2.04. The first-order valence-electron chi connectivity index (χ1n) is 7.26. The van der Waals surface area contributed by atoms with Gasteiger partial charge >= 0.3 is 5.97 Å². The van der Waals surface area contributed by atoms with Crippen LogP contribution in [0.4, 0.5) is 0 Å². The number of aromatic carboxylic acids is 1. The molecule has 0 aliphatic heterocycles. The van der Waals surface area contributed by atoms with Crippen LogP contribution < -0.4 is 0 Å². The van der Waals surface area contributed by atoms with Crippen molar-refractivity contribution in [3.63, 3.8) is 0 Å². The Morgan fingerprint density at radius 2 is 1.68 bits per heavy atom. The normalized spacial score (nSPS) is 11.4. The fourth-order valence-electron chi connectivity index (χ4n) is 2.39. The fraction of sp³-hybridized carbons (Fsp3) is 0.0556. The number of thiophene rings is 1. The van der Waals surface area contributed by atoms with Gasteiger partial charge in [0.25, 0.3) is 0 Å². The Balaban J connectivity index is 2.00. The average molecular weight is 393 g/mol. The number of benzene rings is 2. The molecule has 0 amide bonds. The monoisotopic (exact) mass is 392 g/mol. The first kappa shape index (κ1) is 17.7. The predicted molar refractivity (Wildman–Crippen MR) is 99.1 cm³/mol. The van der Waals surface area contributed by atoms with E-state index in [9.17, 15) is 18.3 Å². The summed E-state index contributed by atoms with van der Waals surface area (Å²) in [5, 5.41) is 9.86. The van der Waals surface area contributed by atoms with Gasteiger partial charge < -0.3 is 5.11 Å². The van der Waals surface area contributed by atoms with E-state index < -0.39 is 15.8 Å². The summed E-state index contributed by atoms with van der Waals surface area (Å²) < 4.78 is 25.2. The van der Waals surface area contributed by atoms with Crippen molar-refractivity contribution >= 4 is 38.7 Å². The van der Waals surface area contributed by atoms with Gasteiger partial charge in [-0.25, -0.2) is 13.2 Å². The molecule has 0 unspecified atom stereocenters. The smallest absolute Gasteiger partial charge is 0.346 e. The second kappa shape index (κ2) is 7.00. The minimum absolute atomic E-state index is 0.0383. The Morgan fingerprint density at radius 1 is 1.04 bits per heavy atom. The second-order valence-electron chi connectivity index (χ2n) is 5.35. The van der Waals surface area contributed by atoms with Crippen LogP contribution in [-0.2, 0) is 15.6 Å². The molecule has 1 heterocycles. The number of halogens is 1. The number of hydrogen-bond donors (Lipinski definition) is 1. The van der Waals surface area contributed by atoms with Crippen LogP contribution in [0.2, 0.25) is 5.02 Å². The molecule has 1 aromatic heterocycles. The van der Waals surface area contributed by atoms with Gasteiger partial charge in [-0.05, 0) is 41.5 Å². The topological polar surface area (TPSA) is 71.4 Å². The zero-order chi connectivity index (χ0) is 18.0. The summed E-state index contributed by atoms with van der Waals surface area (Å²) >= 11 is 6.86. The van der Waals surface area contributed by atoms with Gasteiger partial charge in [0.15, 0.2) is 9.84 Å². The molecule has 0 aliphatic carbocycles. The third-order valence-corrected chi connectivity index (χ3v) is 6.73. The van der Waals surface area contributed by atoms with E-state index in [0.29, 0.717) is 5.02 Å². The molecule has 128 valence electrons. The molecule has 0 spiro atoms. The first-order chi connectivity index (χ1) is 11.9. The first-order valence-corrected chi connectivity index (χ1v) is 10.1. The molecule has 0 bridgehead atoms. The summed E-state index contributed by atoms with van der Waals surface area (Å²) in [6, 6.07) is 16.7. The molecule has 0 saturated carbocycles. The van der Waals surface area contributed by atoms with E-state index in [2.05, 4.69) is 0 Å². The van der Waals surface area contributed by atoms with Crippen molar-refractivity contribution in [3.05, 3.63) is 76.1 Å². The number of carbonyl (C=O) groups is 1.